The number of carbonyl (C=O) groups excluding carboxylic acids is 1. The number of hydrogen-bond donors (Lipinski definition) is 1. The van der Waals surface area contributed by atoms with Crippen molar-refractivity contribution in [3.63, 3.8) is 0 Å². The molecular formula is C17H17ClO6. The molecule has 1 heterocycles. The highest BCUT2D eigenvalue weighted by Crippen LogP contribution is 2.34. The van der Waals surface area contributed by atoms with E-state index in [4.69, 9.17) is 25.5 Å². The number of aromatic hydroxyl groups is 1. The monoisotopic (exact) mass is 352 g/mol. The Morgan fingerprint density at radius 2 is 2.08 bits per heavy atom. The minimum Gasteiger partial charge on any atom is -0.502 e. The average molecular weight is 353 g/mol. The summed E-state index contributed by atoms with van der Waals surface area (Å²) < 4.78 is 15.3. The van der Waals surface area contributed by atoms with Crippen molar-refractivity contribution < 1.29 is 23.8 Å². The van der Waals surface area contributed by atoms with Gasteiger partial charge in [-0.05, 0) is 17.7 Å². The molecule has 0 bridgehead atoms. The molecule has 24 heavy (non-hydrogen) atoms. The molecule has 2 rings (SSSR count). The number of benzene rings is 1. The van der Waals surface area contributed by atoms with Gasteiger partial charge in [-0.2, -0.15) is 0 Å². The summed E-state index contributed by atoms with van der Waals surface area (Å²) in [5.74, 6) is -1.57. The van der Waals surface area contributed by atoms with Crippen molar-refractivity contribution in [1.82, 2.24) is 0 Å². The molecule has 128 valence electrons. The van der Waals surface area contributed by atoms with Crippen LogP contribution in [0.4, 0.5) is 0 Å². The van der Waals surface area contributed by atoms with Gasteiger partial charge in [0, 0.05) is 18.2 Å². The summed E-state index contributed by atoms with van der Waals surface area (Å²) >= 11 is 6.01. The third-order valence-electron chi connectivity index (χ3n) is 3.45. The van der Waals surface area contributed by atoms with Gasteiger partial charge < -0.3 is 19.0 Å². The van der Waals surface area contributed by atoms with Crippen molar-refractivity contribution in [2.24, 2.45) is 0 Å². The van der Waals surface area contributed by atoms with E-state index in [0.717, 1.165) is 6.07 Å². The van der Waals surface area contributed by atoms with Crippen LogP contribution in [-0.4, -0.2) is 25.3 Å². The van der Waals surface area contributed by atoms with E-state index in [9.17, 15) is 14.7 Å². The van der Waals surface area contributed by atoms with Gasteiger partial charge >= 0.3 is 5.97 Å². The number of hydrogen-bond acceptors (Lipinski definition) is 6. The molecular weight excluding hydrogens is 336 g/mol. The lowest BCUT2D eigenvalue weighted by molar-refractivity contribution is -0.140. The minimum absolute atomic E-state index is 0.0257. The molecule has 0 spiro atoms. The quantitative estimate of drug-likeness (QED) is 0.804. The maximum absolute atomic E-state index is 12.0. The summed E-state index contributed by atoms with van der Waals surface area (Å²) in [7, 11) is 2.71. The van der Waals surface area contributed by atoms with Crippen LogP contribution in [0.1, 0.15) is 29.4 Å². The molecule has 1 aromatic carbocycles. The van der Waals surface area contributed by atoms with Gasteiger partial charge in [-0.1, -0.05) is 23.7 Å². The molecule has 1 atom stereocenters. The first-order chi connectivity index (χ1) is 11.5. The van der Waals surface area contributed by atoms with Crippen LogP contribution >= 0.6 is 11.6 Å². The number of carbonyl (C=O) groups is 1. The van der Waals surface area contributed by atoms with Gasteiger partial charge in [0.25, 0.3) is 0 Å². The Balaban J connectivity index is 2.58. The molecule has 2 aromatic rings. The van der Waals surface area contributed by atoms with Crippen molar-refractivity contribution in [2.75, 3.05) is 14.2 Å². The van der Waals surface area contributed by atoms with Crippen LogP contribution in [-0.2, 0) is 20.9 Å². The van der Waals surface area contributed by atoms with E-state index in [1.807, 2.05) is 0 Å². The highest BCUT2D eigenvalue weighted by molar-refractivity contribution is 6.30. The van der Waals surface area contributed by atoms with Gasteiger partial charge in [0.15, 0.2) is 5.76 Å². The first kappa shape index (κ1) is 18.0. The molecule has 6 nitrogen and oxygen atoms in total. The third kappa shape index (κ3) is 4.15. The lowest BCUT2D eigenvalue weighted by atomic mass is 9.92. The van der Waals surface area contributed by atoms with Gasteiger partial charge in [0.2, 0.25) is 11.2 Å². The van der Waals surface area contributed by atoms with Gasteiger partial charge in [-0.3, -0.25) is 9.59 Å². The number of methoxy groups -OCH3 is 2. The zero-order valence-corrected chi connectivity index (χ0v) is 14.0. The molecule has 0 saturated carbocycles. The Morgan fingerprint density at radius 3 is 2.71 bits per heavy atom. The second-order valence-corrected chi connectivity index (χ2v) is 5.55. The van der Waals surface area contributed by atoms with Gasteiger partial charge in [-0.25, -0.2) is 0 Å². The fraction of sp³-hybridized carbons (Fsp3) is 0.294. The fourth-order valence-corrected chi connectivity index (χ4v) is 2.54. The Hall–Kier alpha value is -2.31. The van der Waals surface area contributed by atoms with Crippen molar-refractivity contribution in [3.8, 4) is 5.75 Å². The number of ether oxygens (including phenoxy) is 2. The van der Waals surface area contributed by atoms with E-state index in [1.165, 1.54) is 14.2 Å². The summed E-state index contributed by atoms with van der Waals surface area (Å²) in [5.41, 5.74) is 0.00103. The van der Waals surface area contributed by atoms with Crippen LogP contribution < -0.4 is 5.43 Å². The van der Waals surface area contributed by atoms with Crippen LogP contribution in [0.25, 0.3) is 0 Å². The number of esters is 1. The lowest BCUT2D eigenvalue weighted by Gasteiger charge is -2.17. The molecule has 0 aliphatic rings. The largest absolute Gasteiger partial charge is 0.502 e. The zero-order chi connectivity index (χ0) is 17.7. The Labute approximate surface area is 143 Å². The highest BCUT2D eigenvalue weighted by atomic mass is 35.5. The van der Waals surface area contributed by atoms with E-state index < -0.39 is 23.1 Å². The van der Waals surface area contributed by atoms with E-state index in [0.29, 0.717) is 10.6 Å². The Kier molecular flexibility index (Phi) is 6.00. The highest BCUT2D eigenvalue weighted by Gasteiger charge is 2.26. The molecule has 0 fully saturated rings. The zero-order valence-electron chi connectivity index (χ0n) is 13.2. The first-order valence-electron chi connectivity index (χ1n) is 7.13. The third-order valence-corrected chi connectivity index (χ3v) is 3.69. The van der Waals surface area contributed by atoms with Crippen molar-refractivity contribution in [2.45, 2.75) is 18.9 Å². The van der Waals surface area contributed by atoms with Crippen LogP contribution in [0.15, 0.2) is 39.5 Å². The summed E-state index contributed by atoms with van der Waals surface area (Å²) in [4.78, 5) is 23.8. The summed E-state index contributed by atoms with van der Waals surface area (Å²) in [6.07, 6.45) is -0.121. The topological polar surface area (TPSA) is 86.0 Å². The molecule has 1 aromatic heterocycles. The van der Waals surface area contributed by atoms with E-state index >= 15 is 0 Å². The fourth-order valence-electron chi connectivity index (χ4n) is 2.34. The summed E-state index contributed by atoms with van der Waals surface area (Å²) in [6.45, 7) is 0.0585. The smallest absolute Gasteiger partial charge is 0.306 e. The van der Waals surface area contributed by atoms with E-state index in [2.05, 4.69) is 0 Å². The Morgan fingerprint density at radius 1 is 1.33 bits per heavy atom. The maximum Gasteiger partial charge on any atom is 0.306 e. The van der Waals surface area contributed by atoms with Crippen molar-refractivity contribution in [1.29, 1.82) is 0 Å². The molecule has 0 saturated heterocycles. The van der Waals surface area contributed by atoms with Crippen molar-refractivity contribution >= 4 is 17.6 Å². The van der Waals surface area contributed by atoms with Gasteiger partial charge in [-0.15, -0.1) is 0 Å². The molecule has 7 heteroatoms. The first-order valence-corrected chi connectivity index (χ1v) is 7.51. The molecule has 0 unspecified atom stereocenters. The normalized spacial score (nSPS) is 12.0. The molecule has 0 amide bonds. The molecule has 0 radical (unpaired) electrons. The second kappa shape index (κ2) is 7.99. The number of rotatable bonds is 6. The van der Waals surface area contributed by atoms with Crippen LogP contribution in [0.3, 0.4) is 0 Å². The molecule has 1 N–H and O–H groups in total. The van der Waals surface area contributed by atoms with Gasteiger partial charge in [0.1, 0.15) is 12.4 Å². The predicted octanol–water partition coefficient (Wildman–Crippen LogP) is 2.84. The lowest BCUT2D eigenvalue weighted by Crippen LogP contribution is -2.14. The van der Waals surface area contributed by atoms with Crippen LogP contribution in [0.5, 0.6) is 5.75 Å². The molecule has 0 aliphatic carbocycles. The maximum atomic E-state index is 12.0. The van der Waals surface area contributed by atoms with Crippen LogP contribution in [0.2, 0.25) is 5.02 Å². The summed E-state index contributed by atoms with van der Waals surface area (Å²) in [6, 6.07) is 7.89. The predicted molar refractivity (Wildman–Crippen MR) is 87.3 cm³/mol. The SMILES string of the molecule is COCc1cc(=O)c(O)c([C@H](CC(=O)OC)c2cccc(Cl)c2)o1. The second-order valence-electron chi connectivity index (χ2n) is 5.11. The average Bonchev–Trinajstić information content (AvgIpc) is 2.56. The molecule has 0 aliphatic heterocycles. The number of halogens is 1. The van der Waals surface area contributed by atoms with Gasteiger partial charge in [0.05, 0.1) is 19.4 Å². The minimum atomic E-state index is -0.722. The standard InChI is InChI=1S/C17H17ClO6/c1-22-9-12-7-14(19)16(21)17(24-12)13(8-15(20)23-2)10-4-3-5-11(18)6-10/h3-7,13,21H,8-9H2,1-2H3/t13-/m1/s1. The van der Waals surface area contributed by atoms with Crippen LogP contribution in [0, 0.1) is 0 Å². The van der Waals surface area contributed by atoms with Crippen molar-refractivity contribution in [3.05, 3.63) is 62.7 Å². The summed E-state index contributed by atoms with van der Waals surface area (Å²) in [5, 5.41) is 10.6. The van der Waals surface area contributed by atoms with E-state index in [-0.39, 0.29) is 24.5 Å². The Bertz CT molecular complexity index is 783. The van der Waals surface area contributed by atoms with E-state index in [1.54, 1.807) is 24.3 Å².